The van der Waals surface area contributed by atoms with Crippen molar-refractivity contribution >= 4 is 15.7 Å². The summed E-state index contributed by atoms with van der Waals surface area (Å²) in [5, 5.41) is 0. The summed E-state index contributed by atoms with van der Waals surface area (Å²) in [6, 6.07) is 0. The predicted octanol–water partition coefficient (Wildman–Crippen LogP) is 3.89. The molecule has 0 aliphatic carbocycles. The van der Waals surface area contributed by atoms with Crippen LogP contribution in [0.3, 0.4) is 0 Å². The summed E-state index contributed by atoms with van der Waals surface area (Å²) in [5.41, 5.74) is -1.70. The van der Waals surface area contributed by atoms with E-state index in [0.717, 1.165) is 12.8 Å². The summed E-state index contributed by atoms with van der Waals surface area (Å²) in [7, 11) is -1.69. The number of hydrogen-bond donors (Lipinski definition) is 0. The first kappa shape index (κ1) is 19.2. The van der Waals surface area contributed by atoms with E-state index in [1.807, 2.05) is 63.2 Å². The molecule has 0 aliphatic rings. The van der Waals surface area contributed by atoms with Gasteiger partial charge in [-0.05, 0) is 54.4 Å². The van der Waals surface area contributed by atoms with E-state index in [4.69, 9.17) is 13.6 Å². The van der Waals surface area contributed by atoms with E-state index in [2.05, 4.69) is 0 Å². The Kier molecular flexibility index (Phi) is 6.36. The van der Waals surface area contributed by atoms with Crippen LogP contribution in [0.15, 0.2) is 0 Å². The van der Waals surface area contributed by atoms with Gasteiger partial charge in [0.1, 0.15) is 7.85 Å². The molecule has 0 N–H and O–H groups in total. The second-order valence-electron chi connectivity index (χ2n) is 7.10. The van der Waals surface area contributed by atoms with Crippen LogP contribution in [0.4, 0.5) is 0 Å². The second-order valence-corrected chi connectivity index (χ2v) is 8.54. The minimum atomic E-state index is -3.62. The van der Waals surface area contributed by atoms with Crippen molar-refractivity contribution in [2.24, 2.45) is 0 Å². The van der Waals surface area contributed by atoms with E-state index in [0.29, 0.717) is 0 Å². The largest absolute Gasteiger partial charge is 0.475 e. The third-order valence-corrected chi connectivity index (χ3v) is 4.81. The number of rotatable bonds is 6. The van der Waals surface area contributed by atoms with E-state index in [1.165, 1.54) is 0 Å². The van der Waals surface area contributed by atoms with Crippen molar-refractivity contribution in [1.82, 2.24) is 0 Å². The molecule has 0 saturated heterocycles. The second kappa shape index (κ2) is 6.30. The van der Waals surface area contributed by atoms with Gasteiger partial charge in [-0.2, -0.15) is 0 Å². The third-order valence-electron chi connectivity index (χ3n) is 2.60. The van der Waals surface area contributed by atoms with Gasteiger partial charge in [0.05, 0.1) is 11.2 Å². The molecular weight excluding hydrogens is 262 g/mol. The quantitative estimate of drug-likeness (QED) is 0.550. The van der Waals surface area contributed by atoms with Crippen LogP contribution in [-0.2, 0) is 18.1 Å². The van der Waals surface area contributed by atoms with Crippen molar-refractivity contribution in [1.29, 1.82) is 0 Å². The highest BCUT2D eigenvalue weighted by atomic mass is 31.2. The first-order chi connectivity index (χ1) is 8.24. The van der Waals surface area contributed by atoms with Gasteiger partial charge in [0.2, 0.25) is 0 Å². The molecule has 0 fully saturated rings. The molecule has 19 heavy (non-hydrogen) atoms. The fourth-order valence-electron chi connectivity index (χ4n) is 1.38. The van der Waals surface area contributed by atoms with Gasteiger partial charge in [0.25, 0.3) is 0 Å². The minimum absolute atomic E-state index is 0.508. The molecular formula is C13H30BO4P. The summed E-state index contributed by atoms with van der Waals surface area (Å²) in [6.07, 6.45) is 1.49. The van der Waals surface area contributed by atoms with Crippen molar-refractivity contribution in [2.45, 2.75) is 84.9 Å². The van der Waals surface area contributed by atoms with Crippen LogP contribution in [0.25, 0.3) is 0 Å². The Hall–Kier alpha value is 0.175. The summed E-state index contributed by atoms with van der Waals surface area (Å²) in [6.45, 7) is 15.0. The van der Waals surface area contributed by atoms with Gasteiger partial charge in [0.15, 0.2) is 0 Å². The highest BCUT2D eigenvalue weighted by Crippen LogP contribution is 2.58. The van der Waals surface area contributed by atoms with Crippen LogP contribution in [0.5, 0.6) is 0 Å². The summed E-state index contributed by atoms with van der Waals surface area (Å²) in [5.74, 6) is 0. The molecule has 0 radical (unpaired) electrons. The highest BCUT2D eigenvalue weighted by molar-refractivity contribution is 7.48. The van der Waals surface area contributed by atoms with Gasteiger partial charge >= 0.3 is 7.82 Å². The lowest BCUT2D eigenvalue weighted by Gasteiger charge is -2.36. The average molecular weight is 292 g/mol. The fraction of sp³-hybridized carbons (Fsp3) is 1.00. The lowest BCUT2D eigenvalue weighted by Crippen LogP contribution is -2.34. The van der Waals surface area contributed by atoms with Gasteiger partial charge in [-0.25, -0.2) is 4.57 Å². The molecule has 0 atom stereocenters. The molecule has 0 heterocycles. The maximum Gasteiger partial charge on any atom is 0.475 e. The molecule has 6 heteroatoms. The zero-order valence-corrected chi connectivity index (χ0v) is 14.9. The Morgan fingerprint density at radius 2 is 1.16 bits per heavy atom. The molecule has 4 nitrogen and oxygen atoms in total. The fourth-order valence-corrected chi connectivity index (χ4v) is 3.63. The molecule has 0 saturated carbocycles. The van der Waals surface area contributed by atoms with Crippen LogP contribution >= 0.6 is 7.82 Å². The number of hydrogen-bond acceptors (Lipinski definition) is 4. The van der Waals surface area contributed by atoms with Crippen LogP contribution in [0.2, 0.25) is 0 Å². The van der Waals surface area contributed by atoms with E-state index < -0.39 is 24.5 Å². The predicted molar refractivity (Wildman–Crippen MR) is 82.2 cm³/mol. The minimum Gasteiger partial charge on any atom is -0.290 e. The standard InChI is InChI=1S/C13H30BO4P/c1-9-13(14,10-2)18-19(15,16-11(3,4)5)17-12(6,7)8/h9-10,14H2,1-8H3. The van der Waals surface area contributed by atoms with E-state index in [-0.39, 0.29) is 0 Å². The molecule has 0 aliphatic heterocycles. The maximum atomic E-state index is 12.9. The molecule has 0 bridgehead atoms. The highest BCUT2D eigenvalue weighted by Gasteiger charge is 2.42. The van der Waals surface area contributed by atoms with Crippen LogP contribution in [-0.4, -0.2) is 24.5 Å². The monoisotopic (exact) mass is 292 g/mol. The zero-order chi connectivity index (χ0) is 15.5. The Balaban J connectivity index is 5.23. The van der Waals surface area contributed by atoms with E-state index >= 15 is 0 Å². The number of phosphoric ester groups is 1. The Bertz CT molecular complexity index is 307. The van der Waals surface area contributed by atoms with Gasteiger partial charge in [0, 0.05) is 5.50 Å². The van der Waals surface area contributed by atoms with Gasteiger partial charge in [-0.1, -0.05) is 13.8 Å². The molecule has 0 rings (SSSR count). The lowest BCUT2D eigenvalue weighted by atomic mass is 9.77. The Morgan fingerprint density at radius 3 is 1.37 bits per heavy atom. The van der Waals surface area contributed by atoms with Gasteiger partial charge in [-0.3, -0.25) is 13.6 Å². The first-order valence-electron chi connectivity index (χ1n) is 6.96. The van der Waals surface area contributed by atoms with Crippen molar-refractivity contribution in [2.75, 3.05) is 0 Å². The summed E-state index contributed by atoms with van der Waals surface area (Å²) < 4.78 is 29.9. The third kappa shape index (κ3) is 8.14. The normalized spacial score (nSPS) is 14.7. The maximum absolute atomic E-state index is 12.9. The van der Waals surface area contributed by atoms with Crippen LogP contribution < -0.4 is 0 Å². The van der Waals surface area contributed by atoms with Gasteiger partial charge in [-0.15, -0.1) is 0 Å². The SMILES string of the molecule is BC(CC)(CC)OP(=O)(OC(C)(C)C)OC(C)(C)C. The van der Waals surface area contributed by atoms with E-state index in [1.54, 1.807) is 0 Å². The van der Waals surface area contributed by atoms with Crippen LogP contribution in [0, 0.1) is 0 Å². The number of phosphoric acid groups is 1. The first-order valence-corrected chi connectivity index (χ1v) is 8.42. The van der Waals surface area contributed by atoms with Crippen molar-refractivity contribution in [3.8, 4) is 0 Å². The van der Waals surface area contributed by atoms with Gasteiger partial charge < -0.3 is 0 Å². The molecule has 114 valence electrons. The van der Waals surface area contributed by atoms with Crippen molar-refractivity contribution < 1.29 is 18.1 Å². The molecule has 0 aromatic carbocycles. The Labute approximate surface area is 119 Å². The summed E-state index contributed by atoms with van der Waals surface area (Å²) in [4.78, 5) is 0. The molecule has 0 aromatic heterocycles. The topological polar surface area (TPSA) is 44.8 Å². The van der Waals surface area contributed by atoms with E-state index in [9.17, 15) is 4.57 Å². The average Bonchev–Trinajstić information content (AvgIpc) is 2.10. The van der Waals surface area contributed by atoms with Crippen molar-refractivity contribution in [3.63, 3.8) is 0 Å². The van der Waals surface area contributed by atoms with Crippen molar-refractivity contribution in [3.05, 3.63) is 0 Å². The Morgan fingerprint density at radius 1 is 0.842 bits per heavy atom. The lowest BCUT2D eigenvalue weighted by molar-refractivity contribution is -0.0214. The molecule has 0 amide bonds. The smallest absolute Gasteiger partial charge is 0.290 e. The molecule has 0 aromatic rings. The summed E-state index contributed by atoms with van der Waals surface area (Å²) >= 11 is 0. The zero-order valence-electron chi connectivity index (χ0n) is 14.0. The molecule has 0 unspecified atom stereocenters. The molecule has 0 spiro atoms. The van der Waals surface area contributed by atoms with Crippen LogP contribution in [0.1, 0.15) is 68.2 Å².